The van der Waals surface area contributed by atoms with Crippen molar-refractivity contribution in [3.63, 3.8) is 0 Å². The largest absolute Gasteiger partial charge is 0.243 e. The topological polar surface area (TPSA) is 61.2 Å². The van der Waals surface area contributed by atoms with Crippen molar-refractivity contribution in [1.82, 2.24) is 4.31 Å². The average Bonchev–Trinajstić information content (AvgIpc) is 2.49. The summed E-state index contributed by atoms with van der Waals surface area (Å²) in [6.45, 7) is 0.243. The Morgan fingerprint density at radius 2 is 1.86 bits per heavy atom. The van der Waals surface area contributed by atoms with Crippen molar-refractivity contribution in [1.29, 1.82) is 5.26 Å². The van der Waals surface area contributed by atoms with Crippen molar-refractivity contribution in [2.75, 3.05) is 7.05 Å². The number of hydrogen-bond acceptors (Lipinski definition) is 3. The number of hydrogen-bond donors (Lipinski definition) is 0. The molecule has 0 aromatic heterocycles. The lowest BCUT2D eigenvalue weighted by atomic mass is 10.2. The van der Waals surface area contributed by atoms with Crippen LogP contribution in [0.4, 0.5) is 0 Å². The van der Waals surface area contributed by atoms with E-state index in [2.05, 4.69) is 15.9 Å². The van der Waals surface area contributed by atoms with Crippen molar-refractivity contribution in [3.05, 3.63) is 63.1 Å². The average molecular weight is 400 g/mol. The van der Waals surface area contributed by atoms with E-state index in [1.54, 1.807) is 0 Å². The maximum atomic E-state index is 12.5. The molecule has 7 heteroatoms. The summed E-state index contributed by atoms with van der Waals surface area (Å²) in [5, 5.41) is 8.97. The Balaban J connectivity index is 2.27. The molecule has 0 bridgehead atoms. The van der Waals surface area contributed by atoms with Gasteiger partial charge in [0, 0.05) is 18.1 Å². The van der Waals surface area contributed by atoms with Gasteiger partial charge in [0.2, 0.25) is 10.0 Å². The van der Waals surface area contributed by atoms with E-state index < -0.39 is 10.0 Å². The van der Waals surface area contributed by atoms with E-state index in [0.717, 1.165) is 10.0 Å². The van der Waals surface area contributed by atoms with Gasteiger partial charge in [0.05, 0.1) is 15.5 Å². The highest BCUT2D eigenvalue weighted by Crippen LogP contribution is 2.23. The Morgan fingerprint density at radius 3 is 2.41 bits per heavy atom. The van der Waals surface area contributed by atoms with Crippen LogP contribution < -0.4 is 0 Å². The standard InChI is InChI=1S/C15H12BrClN2O2S/c1-19(10-11-2-5-13(16)6-3-11)22(20,21)14-7-4-12(9-18)15(17)8-14/h2-8H,10H2,1H3. The van der Waals surface area contributed by atoms with Crippen LogP contribution in [0.3, 0.4) is 0 Å². The fraction of sp³-hybridized carbons (Fsp3) is 0.133. The lowest BCUT2D eigenvalue weighted by Crippen LogP contribution is -2.26. The molecule has 0 heterocycles. The first-order chi connectivity index (χ1) is 10.3. The summed E-state index contributed by atoms with van der Waals surface area (Å²) in [6.07, 6.45) is 0. The molecule has 2 aromatic carbocycles. The zero-order valence-electron chi connectivity index (χ0n) is 11.6. The molecule has 0 radical (unpaired) electrons. The van der Waals surface area contributed by atoms with Crippen LogP contribution in [-0.2, 0) is 16.6 Å². The first-order valence-electron chi connectivity index (χ1n) is 6.25. The molecule has 0 aliphatic heterocycles. The first-order valence-corrected chi connectivity index (χ1v) is 8.86. The summed E-state index contributed by atoms with van der Waals surface area (Å²) in [5.74, 6) is 0. The van der Waals surface area contributed by atoms with E-state index in [4.69, 9.17) is 16.9 Å². The smallest absolute Gasteiger partial charge is 0.207 e. The molecule has 0 saturated carbocycles. The van der Waals surface area contributed by atoms with Crippen molar-refractivity contribution in [2.24, 2.45) is 0 Å². The normalized spacial score (nSPS) is 11.4. The predicted molar refractivity (Wildman–Crippen MR) is 89.0 cm³/mol. The van der Waals surface area contributed by atoms with Gasteiger partial charge in [0.15, 0.2) is 0 Å². The summed E-state index contributed by atoms with van der Waals surface area (Å²) in [6, 6.07) is 13.4. The highest BCUT2D eigenvalue weighted by atomic mass is 79.9. The SMILES string of the molecule is CN(Cc1ccc(Br)cc1)S(=O)(=O)c1ccc(C#N)c(Cl)c1. The summed E-state index contributed by atoms with van der Waals surface area (Å²) >= 11 is 9.24. The molecule has 2 aromatic rings. The minimum atomic E-state index is -3.67. The number of nitrogens with zero attached hydrogens (tertiary/aromatic N) is 2. The monoisotopic (exact) mass is 398 g/mol. The highest BCUT2D eigenvalue weighted by molar-refractivity contribution is 9.10. The summed E-state index contributed by atoms with van der Waals surface area (Å²) in [7, 11) is -2.16. The third-order valence-corrected chi connectivity index (χ3v) is 5.73. The van der Waals surface area contributed by atoms with Crippen molar-refractivity contribution >= 4 is 37.6 Å². The molecular formula is C15H12BrClN2O2S. The van der Waals surface area contributed by atoms with Gasteiger partial charge in [0.1, 0.15) is 6.07 Å². The molecule has 0 aliphatic rings. The molecule has 0 saturated heterocycles. The third kappa shape index (κ3) is 3.68. The second kappa shape index (κ2) is 6.80. The maximum absolute atomic E-state index is 12.5. The molecule has 0 amide bonds. The summed E-state index contributed by atoms with van der Waals surface area (Å²) < 4.78 is 27.2. The second-order valence-electron chi connectivity index (χ2n) is 4.64. The summed E-state index contributed by atoms with van der Waals surface area (Å²) in [4.78, 5) is 0.0658. The van der Waals surface area contributed by atoms with E-state index in [0.29, 0.717) is 0 Å². The summed E-state index contributed by atoms with van der Waals surface area (Å²) in [5.41, 5.74) is 1.12. The maximum Gasteiger partial charge on any atom is 0.243 e. The number of sulfonamides is 1. The Bertz CT molecular complexity index is 830. The molecule has 0 fully saturated rings. The van der Waals surface area contributed by atoms with Crippen LogP contribution in [0.5, 0.6) is 0 Å². The molecule has 22 heavy (non-hydrogen) atoms. The highest BCUT2D eigenvalue weighted by Gasteiger charge is 2.21. The van der Waals surface area contributed by atoms with E-state index >= 15 is 0 Å². The quantitative estimate of drug-likeness (QED) is 0.785. The van der Waals surface area contributed by atoms with Gasteiger partial charge in [-0.3, -0.25) is 0 Å². The molecule has 0 aliphatic carbocycles. The van der Waals surface area contributed by atoms with Gasteiger partial charge in [0.25, 0.3) is 0 Å². The van der Waals surface area contributed by atoms with Crippen molar-refractivity contribution in [3.8, 4) is 6.07 Å². The second-order valence-corrected chi connectivity index (χ2v) is 8.01. The van der Waals surface area contributed by atoms with Crippen LogP contribution >= 0.6 is 27.5 Å². The number of nitriles is 1. The van der Waals surface area contributed by atoms with Crippen molar-refractivity contribution in [2.45, 2.75) is 11.4 Å². The zero-order chi connectivity index (χ0) is 16.3. The van der Waals surface area contributed by atoms with E-state index in [1.807, 2.05) is 30.3 Å². The zero-order valence-corrected chi connectivity index (χ0v) is 14.8. The molecule has 0 N–H and O–H groups in total. The van der Waals surface area contributed by atoms with Crippen LogP contribution in [0.25, 0.3) is 0 Å². The lowest BCUT2D eigenvalue weighted by molar-refractivity contribution is 0.466. The Labute approximate surface area is 143 Å². The fourth-order valence-corrected chi connectivity index (χ4v) is 3.60. The predicted octanol–water partition coefficient (Wildman–Crippen LogP) is 3.79. The molecule has 0 atom stereocenters. The van der Waals surface area contributed by atoms with E-state index in [-0.39, 0.29) is 22.0 Å². The molecule has 114 valence electrons. The van der Waals surface area contributed by atoms with E-state index in [9.17, 15) is 8.42 Å². The Kier molecular flexibility index (Phi) is 5.24. The molecular weight excluding hydrogens is 388 g/mol. The van der Waals surface area contributed by atoms with Gasteiger partial charge in [-0.25, -0.2) is 8.42 Å². The van der Waals surface area contributed by atoms with Gasteiger partial charge >= 0.3 is 0 Å². The lowest BCUT2D eigenvalue weighted by Gasteiger charge is -2.17. The number of benzene rings is 2. The van der Waals surface area contributed by atoms with Crippen LogP contribution in [-0.4, -0.2) is 19.8 Å². The minimum Gasteiger partial charge on any atom is -0.207 e. The molecule has 4 nitrogen and oxygen atoms in total. The Morgan fingerprint density at radius 1 is 1.23 bits per heavy atom. The fourth-order valence-electron chi connectivity index (χ4n) is 1.86. The van der Waals surface area contributed by atoms with Gasteiger partial charge < -0.3 is 0 Å². The van der Waals surface area contributed by atoms with Crippen LogP contribution in [0.1, 0.15) is 11.1 Å². The van der Waals surface area contributed by atoms with Gasteiger partial charge in [-0.1, -0.05) is 39.7 Å². The molecule has 0 unspecified atom stereocenters. The van der Waals surface area contributed by atoms with Crippen molar-refractivity contribution < 1.29 is 8.42 Å². The minimum absolute atomic E-state index is 0.0658. The van der Waals surface area contributed by atoms with Gasteiger partial charge in [-0.05, 0) is 35.9 Å². The molecule has 0 spiro atoms. The Hall–Kier alpha value is -1.39. The van der Waals surface area contributed by atoms with Crippen LogP contribution in [0.15, 0.2) is 51.8 Å². The van der Waals surface area contributed by atoms with E-state index in [1.165, 1.54) is 29.6 Å². The number of halogens is 2. The third-order valence-electron chi connectivity index (χ3n) is 3.09. The molecule has 2 rings (SSSR count). The van der Waals surface area contributed by atoms with Gasteiger partial charge in [-0.2, -0.15) is 9.57 Å². The van der Waals surface area contributed by atoms with Crippen LogP contribution in [0.2, 0.25) is 5.02 Å². The van der Waals surface area contributed by atoms with Gasteiger partial charge in [-0.15, -0.1) is 0 Å². The van der Waals surface area contributed by atoms with Crippen LogP contribution in [0, 0.1) is 11.3 Å². The number of rotatable bonds is 4. The first kappa shape index (κ1) is 17.0.